The second-order valence-electron chi connectivity index (χ2n) is 5.39. The lowest BCUT2D eigenvalue weighted by Gasteiger charge is -2.33. The summed E-state index contributed by atoms with van der Waals surface area (Å²) in [6, 6.07) is 2.95. The Kier molecular flexibility index (Phi) is 4.53. The van der Waals surface area contributed by atoms with Crippen molar-refractivity contribution in [2.75, 3.05) is 18.0 Å². The predicted molar refractivity (Wildman–Crippen MR) is 74.9 cm³/mol. The molecule has 1 atom stereocenters. The first-order chi connectivity index (χ1) is 8.66. The van der Waals surface area contributed by atoms with Crippen LogP contribution in [0.2, 0.25) is 0 Å². The van der Waals surface area contributed by atoms with Gasteiger partial charge in [0.05, 0.1) is 0 Å². The lowest BCUT2D eigenvalue weighted by Crippen LogP contribution is -2.46. The third-order valence-electron chi connectivity index (χ3n) is 3.49. The molecule has 4 nitrogen and oxygen atoms in total. The molecule has 1 aliphatic rings. The van der Waals surface area contributed by atoms with E-state index >= 15 is 0 Å². The van der Waals surface area contributed by atoms with Gasteiger partial charge >= 0.3 is 0 Å². The van der Waals surface area contributed by atoms with Gasteiger partial charge in [0.1, 0.15) is 0 Å². The zero-order valence-electron chi connectivity index (χ0n) is 11.7. The molecule has 1 fully saturated rings. The van der Waals surface area contributed by atoms with E-state index in [-0.39, 0.29) is 0 Å². The Hall–Kier alpha value is -1.16. The van der Waals surface area contributed by atoms with E-state index in [1.165, 1.54) is 19.3 Å². The Morgan fingerprint density at radius 1 is 1.44 bits per heavy atom. The number of aromatic nitrogens is 2. The largest absolute Gasteiger partial charge is 0.337 e. The maximum absolute atomic E-state index is 4.55. The zero-order valence-corrected chi connectivity index (χ0v) is 11.7. The third-order valence-corrected chi connectivity index (χ3v) is 3.49. The summed E-state index contributed by atoms with van der Waals surface area (Å²) < 4.78 is 0. The van der Waals surface area contributed by atoms with Crippen LogP contribution in [-0.4, -0.2) is 35.1 Å². The standard InChI is InChI=1S/C14H24N4/c1-11(2)18(10-13-6-4-5-8-15-13)14-16-9-7-12(3)17-14/h7,9,11,13,15H,4-6,8,10H2,1-3H3. The average molecular weight is 248 g/mol. The van der Waals surface area contributed by atoms with Gasteiger partial charge in [-0.15, -0.1) is 0 Å². The zero-order chi connectivity index (χ0) is 13.0. The van der Waals surface area contributed by atoms with Crippen LogP contribution in [-0.2, 0) is 0 Å². The molecule has 1 aliphatic heterocycles. The molecule has 4 heteroatoms. The fourth-order valence-corrected chi connectivity index (χ4v) is 2.41. The number of rotatable bonds is 4. The van der Waals surface area contributed by atoms with Gasteiger partial charge in [0.25, 0.3) is 0 Å². The Morgan fingerprint density at radius 2 is 2.28 bits per heavy atom. The van der Waals surface area contributed by atoms with Crippen molar-refractivity contribution in [1.82, 2.24) is 15.3 Å². The summed E-state index contributed by atoms with van der Waals surface area (Å²) in [5.74, 6) is 0.859. The van der Waals surface area contributed by atoms with Crippen molar-refractivity contribution in [1.29, 1.82) is 0 Å². The van der Waals surface area contributed by atoms with Gasteiger partial charge in [-0.2, -0.15) is 0 Å². The van der Waals surface area contributed by atoms with Crippen molar-refractivity contribution >= 4 is 5.95 Å². The molecule has 0 aliphatic carbocycles. The number of hydrogen-bond acceptors (Lipinski definition) is 4. The van der Waals surface area contributed by atoms with Crippen LogP contribution >= 0.6 is 0 Å². The highest BCUT2D eigenvalue weighted by atomic mass is 15.3. The van der Waals surface area contributed by atoms with Crippen molar-refractivity contribution in [2.24, 2.45) is 0 Å². The van der Waals surface area contributed by atoms with Crippen LogP contribution in [0.25, 0.3) is 0 Å². The Balaban J connectivity index is 2.07. The molecule has 2 heterocycles. The van der Waals surface area contributed by atoms with E-state index in [1.54, 1.807) is 0 Å². The molecule has 1 aromatic heterocycles. The Morgan fingerprint density at radius 3 is 2.89 bits per heavy atom. The van der Waals surface area contributed by atoms with E-state index in [0.717, 1.165) is 24.7 Å². The van der Waals surface area contributed by atoms with Crippen molar-refractivity contribution in [2.45, 2.75) is 52.1 Å². The van der Waals surface area contributed by atoms with Crippen molar-refractivity contribution < 1.29 is 0 Å². The second-order valence-corrected chi connectivity index (χ2v) is 5.39. The maximum Gasteiger partial charge on any atom is 0.225 e. The highest BCUT2D eigenvalue weighted by molar-refractivity contribution is 5.31. The van der Waals surface area contributed by atoms with Crippen LogP contribution in [0.15, 0.2) is 12.3 Å². The number of piperidine rings is 1. The molecule has 1 unspecified atom stereocenters. The monoisotopic (exact) mass is 248 g/mol. The topological polar surface area (TPSA) is 41.1 Å². The SMILES string of the molecule is Cc1ccnc(N(CC2CCCCN2)C(C)C)n1. The number of hydrogen-bond donors (Lipinski definition) is 1. The van der Waals surface area contributed by atoms with E-state index in [9.17, 15) is 0 Å². The predicted octanol–water partition coefficient (Wildman–Crippen LogP) is 2.14. The second kappa shape index (κ2) is 6.14. The van der Waals surface area contributed by atoms with Crippen LogP contribution < -0.4 is 10.2 Å². The fraction of sp³-hybridized carbons (Fsp3) is 0.714. The van der Waals surface area contributed by atoms with Crippen molar-refractivity contribution in [3.63, 3.8) is 0 Å². The van der Waals surface area contributed by atoms with Gasteiger partial charge in [-0.05, 0) is 46.2 Å². The summed E-state index contributed by atoms with van der Waals surface area (Å²) in [6.07, 6.45) is 5.74. The molecule has 0 radical (unpaired) electrons. The lowest BCUT2D eigenvalue weighted by atomic mass is 10.0. The van der Waals surface area contributed by atoms with Crippen LogP contribution in [0.3, 0.4) is 0 Å². The highest BCUT2D eigenvalue weighted by Crippen LogP contribution is 2.15. The molecule has 0 saturated carbocycles. The van der Waals surface area contributed by atoms with Gasteiger partial charge in [-0.1, -0.05) is 6.42 Å². The fourth-order valence-electron chi connectivity index (χ4n) is 2.41. The van der Waals surface area contributed by atoms with E-state index in [1.807, 2.05) is 19.2 Å². The number of nitrogens with one attached hydrogen (secondary N) is 1. The molecular formula is C14H24N4. The molecular weight excluding hydrogens is 224 g/mol. The summed E-state index contributed by atoms with van der Waals surface area (Å²) in [7, 11) is 0. The molecule has 100 valence electrons. The summed E-state index contributed by atoms with van der Waals surface area (Å²) in [5.41, 5.74) is 1.03. The third kappa shape index (κ3) is 3.42. The summed E-state index contributed by atoms with van der Waals surface area (Å²) in [4.78, 5) is 11.3. The molecule has 0 bridgehead atoms. The molecule has 1 saturated heterocycles. The minimum Gasteiger partial charge on any atom is -0.337 e. The minimum atomic E-state index is 0.426. The summed E-state index contributed by atoms with van der Waals surface area (Å²) in [6.45, 7) is 8.57. The van der Waals surface area contributed by atoms with Gasteiger partial charge in [0, 0.05) is 30.5 Å². The lowest BCUT2D eigenvalue weighted by molar-refractivity contribution is 0.391. The normalized spacial score (nSPS) is 20.1. The van der Waals surface area contributed by atoms with Gasteiger partial charge in [-0.3, -0.25) is 0 Å². The molecule has 2 rings (SSSR count). The minimum absolute atomic E-state index is 0.426. The van der Waals surface area contributed by atoms with Gasteiger partial charge in [0.2, 0.25) is 5.95 Å². The summed E-state index contributed by atoms with van der Waals surface area (Å²) >= 11 is 0. The van der Waals surface area contributed by atoms with E-state index < -0.39 is 0 Å². The van der Waals surface area contributed by atoms with E-state index in [2.05, 4.69) is 34.0 Å². The maximum atomic E-state index is 4.55. The van der Waals surface area contributed by atoms with Crippen molar-refractivity contribution in [3.05, 3.63) is 18.0 Å². The number of aryl methyl sites for hydroxylation is 1. The summed E-state index contributed by atoms with van der Waals surface area (Å²) in [5, 5.41) is 3.59. The van der Waals surface area contributed by atoms with E-state index in [4.69, 9.17) is 0 Å². The number of nitrogens with zero attached hydrogens (tertiary/aromatic N) is 3. The molecule has 0 aromatic carbocycles. The van der Waals surface area contributed by atoms with Crippen LogP contribution in [0.4, 0.5) is 5.95 Å². The van der Waals surface area contributed by atoms with Crippen LogP contribution in [0, 0.1) is 6.92 Å². The average Bonchev–Trinajstić information content (AvgIpc) is 2.37. The van der Waals surface area contributed by atoms with Gasteiger partial charge in [0.15, 0.2) is 0 Å². The molecule has 0 amide bonds. The molecule has 1 aromatic rings. The Bertz CT molecular complexity index is 372. The van der Waals surface area contributed by atoms with Gasteiger partial charge < -0.3 is 10.2 Å². The first kappa shape index (κ1) is 13.3. The highest BCUT2D eigenvalue weighted by Gasteiger charge is 2.20. The van der Waals surface area contributed by atoms with E-state index in [0.29, 0.717) is 12.1 Å². The quantitative estimate of drug-likeness (QED) is 0.886. The Labute approximate surface area is 110 Å². The van der Waals surface area contributed by atoms with Crippen LogP contribution in [0.5, 0.6) is 0 Å². The molecule has 0 spiro atoms. The number of anilines is 1. The first-order valence-corrected chi connectivity index (χ1v) is 6.96. The van der Waals surface area contributed by atoms with Crippen LogP contribution in [0.1, 0.15) is 38.8 Å². The van der Waals surface area contributed by atoms with Crippen molar-refractivity contribution in [3.8, 4) is 0 Å². The first-order valence-electron chi connectivity index (χ1n) is 6.96. The molecule has 18 heavy (non-hydrogen) atoms. The smallest absolute Gasteiger partial charge is 0.225 e. The molecule has 1 N–H and O–H groups in total. The van der Waals surface area contributed by atoms with Gasteiger partial charge in [-0.25, -0.2) is 9.97 Å².